The molecule has 13 heteroatoms. The van der Waals surface area contributed by atoms with Gasteiger partial charge >= 0.3 is 11.2 Å². The van der Waals surface area contributed by atoms with Crippen molar-refractivity contribution in [1.82, 2.24) is 10.2 Å². The van der Waals surface area contributed by atoms with Gasteiger partial charge in [-0.15, -0.1) is 16.4 Å². The molecule has 0 saturated heterocycles. The number of methoxy groups -OCH3 is 3. The number of aryl methyl sites for hydroxylation is 1. The highest BCUT2D eigenvalue weighted by Gasteiger charge is 2.30. The Morgan fingerprint density at radius 1 is 1.03 bits per heavy atom. The van der Waals surface area contributed by atoms with Crippen molar-refractivity contribution < 1.29 is 36.6 Å². The van der Waals surface area contributed by atoms with Crippen LogP contribution in [-0.4, -0.2) is 57.6 Å². The zero-order valence-corrected chi connectivity index (χ0v) is 21.6. The number of nitrogens with one attached hydrogen (secondary N) is 1. The number of fused-ring (bicyclic) bond motifs is 1. The minimum absolute atomic E-state index is 0.0823. The van der Waals surface area contributed by atoms with Crippen LogP contribution in [0.2, 0.25) is 0 Å². The Labute approximate surface area is 211 Å². The molecule has 192 valence electrons. The number of amides is 1. The molecular weight excluding hydrogens is 510 g/mol. The van der Waals surface area contributed by atoms with Gasteiger partial charge in [-0.2, -0.15) is 0 Å². The van der Waals surface area contributed by atoms with E-state index >= 15 is 0 Å². The Balaban J connectivity index is 1.54. The highest BCUT2D eigenvalue weighted by Crippen LogP contribution is 2.38. The molecule has 1 aromatic carbocycles. The number of hydrogen-bond donors (Lipinski definition) is 1. The van der Waals surface area contributed by atoms with Gasteiger partial charge in [0, 0.05) is 16.5 Å². The van der Waals surface area contributed by atoms with E-state index in [1.54, 1.807) is 18.2 Å². The van der Waals surface area contributed by atoms with Gasteiger partial charge in [-0.3, -0.25) is 4.79 Å². The molecule has 1 N–H and O–H groups in total. The molecule has 36 heavy (non-hydrogen) atoms. The number of ether oxygens (including phenoxy) is 3. The molecular formula is C23H25N3O8S2. The van der Waals surface area contributed by atoms with Gasteiger partial charge in [0.2, 0.25) is 21.6 Å². The minimum Gasteiger partial charge on any atom is -0.497 e. The SMILES string of the molecule is COC(=O)c1c(NC(=O)CS(=O)(=O)c2nnc(-c3cc(OC)cc(OC)c3)o2)sc2c1CCCCC2. The second-order valence-electron chi connectivity index (χ2n) is 8.04. The van der Waals surface area contributed by atoms with E-state index in [2.05, 4.69) is 15.5 Å². The largest absolute Gasteiger partial charge is 0.497 e. The summed E-state index contributed by atoms with van der Waals surface area (Å²) >= 11 is 1.27. The van der Waals surface area contributed by atoms with Crippen molar-refractivity contribution in [2.24, 2.45) is 0 Å². The van der Waals surface area contributed by atoms with E-state index in [0.29, 0.717) is 23.5 Å². The maximum Gasteiger partial charge on any atom is 0.341 e. The molecule has 1 aliphatic rings. The number of nitrogens with zero attached hydrogens (tertiary/aromatic N) is 2. The van der Waals surface area contributed by atoms with Crippen LogP contribution in [0.4, 0.5) is 5.00 Å². The van der Waals surface area contributed by atoms with Crippen LogP contribution in [-0.2, 0) is 32.2 Å². The second kappa shape index (κ2) is 10.7. The van der Waals surface area contributed by atoms with Gasteiger partial charge in [-0.1, -0.05) is 11.5 Å². The lowest BCUT2D eigenvalue weighted by Crippen LogP contribution is -2.24. The van der Waals surface area contributed by atoms with Crippen molar-refractivity contribution in [2.75, 3.05) is 32.4 Å². The van der Waals surface area contributed by atoms with Crippen molar-refractivity contribution in [3.8, 4) is 23.0 Å². The zero-order chi connectivity index (χ0) is 25.9. The normalized spacial score (nSPS) is 13.4. The monoisotopic (exact) mass is 535 g/mol. The third-order valence-electron chi connectivity index (χ3n) is 5.66. The van der Waals surface area contributed by atoms with Gasteiger partial charge in [0.05, 0.1) is 26.9 Å². The number of thiophene rings is 1. The summed E-state index contributed by atoms with van der Waals surface area (Å²) in [7, 11) is -0.0625. The molecule has 2 heterocycles. The quantitative estimate of drug-likeness (QED) is 0.337. The van der Waals surface area contributed by atoms with Gasteiger partial charge in [0.25, 0.3) is 0 Å². The minimum atomic E-state index is -4.27. The Bertz CT molecular complexity index is 1370. The predicted molar refractivity (Wildman–Crippen MR) is 130 cm³/mol. The summed E-state index contributed by atoms with van der Waals surface area (Å²) < 4.78 is 46.4. The van der Waals surface area contributed by atoms with Gasteiger partial charge in [-0.05, 0) is 43.4 Å². The number of benzene rings is 1. The van der Waals surface area contributed by atoms with Crippen molar-refractivity contribution in [2.45, 2.75) is 37.3 Å². The summed E-state index contributed by atoms with van der Waals surface area (Å²) in [5, 5.41) is 9.57. The maximum absolute atomic E-state index is 12.8. The van der Waals surface area contributed by atoms with Crippen LogP contribution in [0.15, 0.2) is 27.8 Å². The Kier molecular flexibility index (Phi) is 7.59. The van der Waals surface area contributed by atoms with E-state index < -0.39 is 32.7 Å². The molecule has 11 nitrogen and oxygen atoms in total. The Morgan fingerprint density at radius 2 is 1.72 bits per heavy atom. The number of aromatic nitrogens is 2. The topological polar surface area (TPSA) is 147 Å². The first-order valence-electron chi connectivity index (χ1n) is 11.1. The van der Waals surface area contributed by atoms with Crippen molar-refractivity contribution in [3.05, 3.63) is 34.2 Å². The summed E-state index contributed by atoms with van der Waals surface area (Å²) in [6.45, 7) is 0. The molecule has 0 bridgehead atoms. The number of rotatable bonds is 8. The second-order valence-corrected chi connectivity index (χ2v) is 11.0. The van der Waals surface area contributed by atoms with E-state index in [1.165, 1.54) is 32.7 Å². The summed E-state index contributed by atoms with van der Waals surface area (Å²) in [4.78, 5) is 26.2. The molecule has 0 aliphatic heterocycles. The lowest BCUT2D eigenvalue weighted by Gasteiger charge is -2.07. The first kappa shape index (κ1) is 25.6. The Morgan fingerprint density at radius 3 is 2.39 bits per heavy atom. The number of esters is 1. The molecule has 0 atom stereocenters. The fourth-order valence-electron chi connectivity index (χ4n) is 3.93. The zero-order valence-electron chi connectivity index (χ0n) is 20.0. The van der Waals surface area contributed by atoms with E-state index in [4.69, 9.17) is 18.6 Å². The maximum atomic E-state index is 12.8. The molecule has 2 aromatic heterocycles. The molecule has 4 rings (SSSR count). The van der Waals surface area contributed by atoms with Crippen molar-refractivity contribution >= 4 is 38.1 Å². The summed E-state index contributed by atoms with van der Waals surface area (Å²) in [6, 6.07) is 4.79. The van der Waals surface area contributed by atoms with Gasteiger partial charge < -0.3 is 23.9 Å². The van der Waals surface area contributed by atoms with Crippen LogP contribution in [0.1, 0.15) is 40.1 Å². The van der Waals surface area contributed by atoms with Crippen LogP contribution in [0, 0.1) is 0 Å². The molecule has 1 amide bonds. The van der Waals surface area contributed by atoms with E-state index in [1.807, 2.05) is 0 Å². The first-order chi connectivity index (χ1) is 17.2. The fourth-order valence-corrected chi connectivity index (χ4v) is 6.13. The predicted octanol–water partition coefficient (Wildman–Crippen LogP) is 3.28. The lowest BCUT2D eigenvalue weighted by atomic mass is 10.1. The van der Waals surface area contributed by atoms with Gasteiger partial charge in [0.15, 0.2) is 0 Å². The molecule has 0 unspecified atom stereocenters. The van der Waals surface area contributed by atoms with E-state index in [0.717, 1.165) is 36.1 Å². The third kappa shape index (κ3) is 5.36. The average Bonchev–Trinajstić information content (AvgIpc) is 3.42. The average molecular weight is 536 g/mol. The third-order valence-corrected chi connectivity index (χ3v) is 8.20. The van der Waals surface area contributed by atoms with Crippen molar-refractivity contribution in [3.63, 3.8) is 0 Å². The van der Waals surface area contributed by atoms with Crippen LogP contribution in [0.5, 0.6) is 11.5 Å². The molecule has 1 aliphatic carbocycles. The highest BCUT2D eigenvalue weighted by molar-refractivity contribution is 7.91. The molecule has 0 radical (unpaired) electrons. The number of carbonyl (C=O) groups is 2. The van der Waals surface area contributed by atoms with Crippen LogP contribution >= 0.6 is 11.3 Å². The molecule has 0 fully saturated rings. The van der Waals surface area contributed by atoms with Gasteiger partial charge in [-0.25, -0.2) is 13.2 Å². The van der Waals surface area contributed by atoms with Gasteiger partial charge in [0.1, 0.15) is 22.3 Å². The number of hydrogen-bond acceptors (Lipinski definition) is 11. The molecule has 0 saturated carbocycles. The molecule has 3 aromatic rings. The van der Waals surface area contributed by atoms with Crippen LogP contribution in [0.3, 0.4) is 0 Å². The van der Waals surface area contributed by atoms with Crippen LogP contribution < -0.4 is 14.8 Å². The number of sulfone groups is 1. The first-order valence-corrected chi connectivity index (χ1v) is 13.5. The van der Waals surface area contributed by atoms with Crippen LogP contribution in [0.25, 0.3) is 11.5 Å². The molecule has 0 spiro atoms. The lowest BCUT2D eigenvalue weighted by molar-refractivity contribution is -0.113. The van der Waals surface area contributed by atoms with Crippen molar-refractivity contribution in [1.29, 1.82) is 0 Å². The van der Waals surface area contributed by atoms with E-state index in [-0.39, 0.29) is 16.5 Å². The number of carbonyl (C=O) groups excluding carboxylic acids is 2. The summed E-state index contributed by atoms with van der Waals surface area (Å²) in [5.41, 5.74) is 1.53. The number of anilines is 1. The summed E-state index contributed by atoms with van der Waals surface area (Å²) in [6.07, 6.45) is 4.45. The Hall–Kier alpha value is -3.45. The smallest absolute Gasteiger partial charge is 0.341 e. The summed E-state index contributed by atoms with van der Waals surface area (Å²) in [5.74, 6) is -1.54. The van der Waals surface area contributed by atoms with E-state index in [9.17, 15) is 18.0 Å². The fraction of sp³-hybridized carbons (Fsp3) is 0.391. The standard InChI is InChI=1S/C23H25N3O8S2/c1-31-14-9-13(10-15(11-14)32-2)20-25-26-23(34-20)36(29,30)12-18(27)24-21-19(22(28)33-3)16-7-5-4-6-8-17(16)35-21/h9-11H,4-8,12H2,1-3H3,(H,24,27). The highest BCUT2D eigenvalue weighted by atomic mass is 32.2.